The molecule has 3 rings (SSSR count). The fraction of sp³-hybridized carbons (Fsp3) is 0.174. The van der Waals surface area contributed by atoms with E-state index < -0.39 is 17.8 Å². The van der Waals surface area contributed by atoms with Crippen LogP contribution in [0.1, 0.15) is 20.7 Å². The van der Waals surface area contributed by atoms with Crippen LogP contribution in [0.15, 0.2) is 60.3 Å². The van der Waals surface area contributed by atoms with Crippen molar-refractivity contribution in [3.05, 3.63) is 66.2 Å². The highest BCUT2D eigenvalue weighted by Crippen LogP contribution is 2.30. The molecule has 0 aliphatic rings. The minimum Gasteiger partial charge on any atom is -0.507 e. The molecule has 0 aliphatic carbocycles. The van der Waals surface area contributed by atoms with E-state index in [1.165, 1.54) is 32.4 Å². The van der Waals surface area contributed by atoms with Gasteiger partial charge >= 0.3 is 11.9 Å². The number of carbonyl (C=O) groups excluding carboxylic acids is 3. The van der Waals surface area contributed by atoms with Gasteiger partial charge in [0.1, 0.15) is 5.75 Å². The second-order valence-electron chi connectivity index (χ2n) is 6.80. The van der Waals surface area contributed by atoms with Crippen LogP contribution in [-0.2, 0) is 20.8 Å². The van der Waals surface area contributed by atoms with Crippen molar-refractivity contribution < 1.29 is 29.0 Å². The van der Waals surface area contributed by atoms with Crippen molar-refractivity contribution in [2.45, 2.75) is 11.7 Å². The standard InChI is InChI=1S/C23H22N4O6S/c1-4-11-27-20(16-7-5-6-8-18(16)28)25-26-23(27)34-13-19(29)24-17-12-14(21(30)32-2)9-10-15(17)22(31)33-3/h4-10,12,28H,1,11,13H2,2-3H3,(H,24,29). The normalized spacial score (nSPS) is 10.4. The van der Waals surface area contributed by atoms with Crippen LogP contribution in [0, 0.1) is 0 Å². The fourth-order valence-corrected chi connectivity index (χ4v) is 3.80. The van der Waals surface area contributed by atoms with Crippen LogP contribution in [0.3, 0.4) is 0 Å². The summed E-state index contributed by atoms with van der Waals surface area (Å²) in [4.78, 5) is 36.6. The lowest BCUT2D eigenvalue weighted by atomic mass is 10.1. The van der Waals surface area contributed by atoms with E-state index in [2.05, 4.69) is 22.1 Å². The zero-order valence-corrected chi connectivity index (χ0v) is 19.3. The molecule has 10 nitrogen and oxygen atoms in total. The highest BCUT2D eigenvalue weighted by atomic mass is 32.2. The molecule has 3 aromatic rings. The summed E-state index contributed by atoms with van der Waals surface area (Å²) >= 11 is 1.11. The lowest BCUT2D eigenvalue weighted by molar-refractivity contribution is -0.113. The number of phenolic OH excluding ortho intramolecular Hbond substituents is 1. The Hall–Kier alpha value is -4.12. The monoisotopic (exact) mass is 482 g/mol. The summed E-state index contributed by atoms with van der Waals surface area (Å²) in [6, 6.07) is 10.8. The summed E-state index contributed by atoms with van der Waals surface area (Å²) in [5, 5.41) is 21.5. The van der Waals surface area contributed by atoms with E-state index in [0.717, 1.165) is 11.8 Å². The van der Waals surface area contributed by atoms with E-state index in [1.54, 1.807) is 34.9 Å². The number of thioether (sulfide) groups is 1. The summed E-state index contributed by atoms with van der Waals surface area (Å²) in [6.45, 7) is 4.10. The van der Waals surface area contributed by atoms with Gasteiger partial charge in [-0.1, -0.05) is 30.0 Å². The lowest BCUT2D eigenvalue weighted by Gasteiger charge is -2.12. The van der Waals surface area contributed by atoms with E-state index in [0.29, 0.717) is 23.1 Å². The molecular weight excluding hydrogens is 460 g/mol. The van der Waals surface area contributed by atoms with Crippen LogP contribution < -0.4 is 5.32 Å². The van der Waals surface area contributed by atoms with Crippen LogP contribution in [0.5, 0.6) is 5.75 Å². The Labute approximate surface area is 199 Å². The Morgan fingerprint density at radius 3 is 2.53 bits per heavy atom. The molecule has 0 bridgehead atoms. The number of benzene rings is 2. The molecule has 0 spiro atoms. The smallest absolute Gasteiger partial charge is 0.339 e. The number of nitrogens with one attached hydrogen (secondary N) is 1. The van der Waals surface area contributed by atoms with Gasteiger partial charge in [-0.3, -0.25) is 9.36 Å². The van der Waals surface area contributed by atoms with Gasteiger partial charge in [0.2, 0.25) is 5.91 Å². The quantitative estimate of drug-likeness (QED) is 0.268. The first-order valence-corrected chi connectivity index (χ1v) is 10.9. The van der Waals surface area contributed by atoms with Crippen molar-refractivity contribution in [3.8, 4) is 17.1 Å². The fourth-order valence-electron chi connectivity index (χ4n) is 3.05. The highest BCUT2D eigenvalue weighted by molar-refractivity contribution is 7.99. The number of aromatic hydroxyl groups is 1. The van der Waals surface area contributed by atoms with Crippen LogP contribution in [0.4, 0.5) is 5.69 Å². The number of anilines is 1. The molecular formula is C23H22N4O6S. The molecule has 0 atom stereocenters. The van der Waals surface area contributed by atoms with Gasteiger partial charge in [0.15, 0.2) is 11.0 Å². The molecule has 11 heteroatoms. The number of methoxy groups -OCH3 is 2. The third-order valence-corrected chi connectivity index (χ3v) is 5.59. The van der Waals surface area contributed by atoms with Crippen LogP contribution >= 0.6 is 11.8 Å². The van der Waals surface area contributed by atoms with E-state index in [-0.39, 0.29) is 28.3 Å². The minimum absolute atomic E-state index is 0.0512. The van der Waals surface area contributed by atoms with Gasteiger partial charge in [-0.2, -0.15) is 0 Å². The summed E-state index contributed by atoms with van der Waals surface area (Å²) in [5.41, 5.74) is 0.861. The molecule has 1 heterocycles. The number of phenols is 1. The van der Waals surface area contributed by atoms with E-state index >= 15 is 0 Å². The van der Waals surface area contributed by atoms with Crippen molar-refractivity contribution in [2.24, 2.45) is 0 Å². The molecule has 0 fully saturated rings. The topological polar surface area (TPSA) is 133 Å². The molecule has 0 aliphatic heterocycles. The maximum atomic E-state index is 12.7. The predicted molar refractivity (Wildman–Crippen MR) is 126 cm³/mol. The van der Waals surface area contributed by atoms with Crippen LogP contribution in [0.25, 0.3) is 11.4 Å². The first-order valence-electron chi connectivity index (χ1n) is 9.95. The van der Waals surface area contributed by atoms with Gasteiger partial charge in [-0.15, -0.1) is 16.8 Å². The summed E-state index contributed by atoms with van der Waals surface area (Å²) in [7, 11) is 2.45. The van der Waals surface area contributed by atoms with E-state index in [4.69, 9.17) is 9.47 Å². The molecule has 1 amide bonds. The zero-order chi connectivity index (χ0) is 24.7. The third kappa shape index (κ3) is 5.44. The van der Waals surface area contributed by atoms with Gasteiger partial charge in [0, 0.05) is 6.54 Å². The Morgan fingerprint density at radius 2 is 1.85 bits per heavy atom. The van der Waals surface area contributed by atoms with Gasteiger partial charge in [0.05, 0.1) is 42.4 Å². The summed E-state index contributed by atoms with van der Waals surface area (Å²) < 4.78 is 11.2. The molecule has 176 valence electrons. The van der Waals surface area contributed by atoms with E-state index in [1.807, 2.05) is 0 Å². The maximum Gasteiger partial charge on any atom is 0.339 e. The number of allylic oxidation sites excluding steroid dienone is 1. The van der Waals surface area contributed by atoms with Gasteiger partial charge in [-0.25, -0.2) is 9.59 Å². The second kappa shape index (κ2) is 11.1. The molecule has 2 aromatic carbocycles. The average molecular weight is 483 g/mol. The van der Waals surface area contributed by atoms with Gasteiger partial charge in [0.25, 0.3) is 0 Å². The average Bonchev–Trinajstić information content (AvgIpc) is 3.24. The van der Waals surface area contributed by atoms with Crippen molar-refractivity contribution in [1.82, 2.24) is 14.8 Å². The Morgan fingerprint density at radius 1 is 1.12 bits per heavy atom. The van der Waals surface area contributed by atoms with Crippen molar-refractivity contribution in [3.63, 3.8) is 0 Å². The van der Waals surface area contributed by atoms with Crippen molar-refractivity contribution in [2.75, 3.05) is 25.3 Å². The Balaban J connectivity index is 1.80. The number of hydrogen-bond acceptors (Lipinski definition) is 9. The maximum absolute atomic E-state index is 12.7. The Kier molecular flexibility index (Phi) is 8.04. The number of carbonyl (C=O) groups is 3. The number of nitrogens with zero attached hydrogens (tertiary/aromatic N) is 3. The van der Waals surface area contributed by atoms with Gasteiger partial charge < -0.3 is 19.9 Å². The first-order chi connectivity index (χ1) is 16.4. The summed E-state index contributed by atoms with van der Waals surface area (Å²) in [6.07, 6.45) is 1.65. The molecule has 2 N–H and O–H groups in total. The van der Waals surface area contributed by atoms with Crippen molar-refractivity contribution >= 4 is 35.3 Å². The van der Waals surface area contributed by atoms with Crippen LogP contribution in [0.2, 0.25) is 0 Å². The van der Waals surface area contributed by atoms with E-state index in [9.17, 15) is 19.5 Å². The lowest BCUT2D eigenvalue weighted by Crippen LogP contribution is -2.18. The number of ether oxygens (including phenoxy) is 2. The number of amides is 1. The zero-order valence-electron chi connectivity index (χ0n) is 18.5. The van der Waals surface area contributed by atoms with Gasteiger partial charge in [-0.05, 0) is 30.3 Å². The predicted octanol–water partition coefficient (Wildman–Crippen LogP) is 3.14. The number of rotatable bonds is 9. The molecule has 0 unspecified atom stereocenters. The minimum atomic E-state index is -0.669. The van der Waals surface area contributed by atoms with Crippen molar-refractivity contribution in [1.29, 1.82) is 0 Å². The molecule has 0 saturated heterocycles. The first kappa shape index (κ1) is 24.5. The summed E-state index contributed by atoms with van der Waals surface area (Å²) in [5.74, 6) is -1.32. The number of aromatic nitrogens is 3. The third-order valence-electron chi connectivity index (χ3n) is 4.63. The molecule has 1 aromatic heterocycles. The number of hydrogen-bond donors (Lipinski definition) is 2. The van der Waals surface area contributed by atoms with Crippen LogP contribution in [-0.4, -0.2) is 57.7 Å². The second-order valence-corrected chi connectivity index (χ2v) is 7.75. The SMILES string of the molecule is C=CCn1c(SCC(=O)Nc2cc(C(=O)OC)ccc2C(=O)OC)nnc1-c1ccccc1O. The number of para-hydroxylation sites is 1. The molecule has 0 radical (unpaired) electrons. The number of esters is 2. The molecule has 34 heavy (non-hydrogen) atoms. The largest absolute Gasteiger partial charge is 0.507 e. The molecule has 0 saturated carbocycles. The Bertz CT molecular complexity index is 1240. The highest BCUT2D eigenvalue weighted by Gasteiger charge is 2.20.